The number of benzene rings is 1. The second-order valence-corrected chi connectivity index (χ2v) is 6.02. The summed E-state index contributed by atoms with van der Waals surface area (Å²) < 4.78 is 12.8. The summed E-state index contributed by atoms with van der Waals surface area (Å²) >= 11 is 1.21. The minimum Gasteiger partial charge on any atom is -0.395 e. The summed E-state index contributed by atoms with van der Waals surface area (Å²) in [5.74, 6) is -0.731. The van der Waals surface area contributed by atoms with Crippen LogP contribution in [-0.4, -0.2) is 45.8 Å². The fourth-order valence-electron chi connectivity index (χ4n) is 2.05. The van der Waals surface area contributed by atoms with Crippen LogP contribution in [0.5, 0.6) is 0 Å². The molecule has 1 aromatic heterocycles. The van der Waals surface area contributed by atoms with E-state index in [-0.39, 0.29) is 23.3 Å². The molecule has 0 atom stereocenters. The molecule has 0 aliphatic carbocycles. The summed E-state index contributed by atoms with van der Waals surface area (Å²) in [6.45, 7) is 4.10. The van der Waals surface area contributed by atoms with Crippen LogP contribution in [0, 0.1) is 5.82 Å². The highest BCUT2D eigenvalue weighted by atomic mass is 32.1. The molecule has 0 saturated carbocycles. The molecule has 0 spiro atoms. The number of amides is 1. The standard InChI is InChI=1S/C15H19FN4O2S/c1-2-7-20(8-9-21)10-13-18-19-15(23-13)14(22)17-12-5-3-11(16)4-6-12/h3-6,21H,2,7-10H2,1H3,(H,17,22). The fourth-order valence-corrected chi connectivity index (χ4v) is 2.82. The maximum Gasteiger partial charge on any atom is 0.286 e. The van der Waals surface area contributed by atoms with Crippen LogP contribution < -0.4 is 5.32 Å². The van der Waals surface area contributed by atoms with Gasteiger partial charge in [0.25, 0.3) is 5.91 Å². The van der Waals surface area contributed by atoms with E-state index in [2.05, 4.69) is 27.3 Å². The highest BCUT2D eigenvalue weighted by Gasteiger charge is 2.15. The van der Waals surface area contributed by atoms with E-state index in [1.54, 1.807) is 0 Å². The molecule has 2 N–H and O–H groups in total. The molecule has 2 rings (SSSR count). The minimum absolute atomic E-state index is 0.0801. The van der Waals surface area contributed by atoms with Crippen LogP contribution in [0.15, 0.2) is 24.3 Å². The average Bonchev–Trinajstić information content (AvgIpc) is 2.99. The van der Waals surface area contributed by atoms with Gasteiger partial charge in [-0.1, -0.05) is 18.3 Å². The van der Waals surface area contributed by atoms with Crippen LogP contribution in [0.4, 0.5) is 10.1 Å². The second kappa shape index (κ2) is 8.66. The molecule has 0 fully saturated rings. The molecule has 0 bridgehead atoms. The molecule has 0 unspecified atom stereocenters. The number of hydrogen-bond acceptors (Lipinski definition) is 6. The van der Waals surface area contributed by atoms with Gasteiger partial charge in [-0.3, -0.25) is 9.69 Å². The Balaban J connectivity index is 1.97. The number of carbonyl (C=O) groups excluding carboxylic acids is 1. The maximum absolute atomic E-state index is 12.8. The predicted molar refractivity (Wildman–Crippen MR) is 86.9 cm³/mol. The summed E-state index contributed by atoms with van der Waals surface area (Å²) in [5.41, 5.74) is 0.501. The smallest absolute Gasteiger partial charge is 0.286 e. The number of nitrogens with one attached hydrogen (secondary N) is 1. The number of aromatic nitrogens is 2. The Bertz CT molecular complexity index is 627. The Morgan fingerprint density at radius 2 is 2.04 bits per heavy atom. The lowest BCUT2D eigenvalue weighted by molar-refractivity contribution is 0.102. The van der Waals surface area contributed by atoms with Crippen molar-refractivity contribution in [1.29, 1.82) is 0 Å². The van der Waals surface area contributed by atoms with Crippen molar-refractivity contribution in [2.45, 2.75) is 19.9 Å². The summed E-state index contributed by atoms with van der Waals surface area (Å²) in [5, 5.41) is 20.6. The fraction of sp³-hybridized carbons (Fsp3) is 0.400. The molecular formula is C15H19FN4O2S. The first-order chi connectivity index (χ1) is 11.1. The Morgan fingerprint density at radius 3 is 2.70 bits per heavy atom. The maximum atomic E-state index is 12.8. The van der Waals surface area contributed by atoms with Crippen molar-refractivity contribution in [3.8, 4) is 0 Å². The van der Waals surface area contributed by atoms with E-state index in [1.165, 1.54) is 35.6 Å². The van der Waals surface area contributed by atoms with Gasteiger partial charge in [0.05, 0.1) is 13.2 Å². The van der Waals surface area contributed by atoms with E-state index in [9.17, 15) is 9.18 Å². The Kier molecular flexibility index (Phi) is 6.57. The predicted octanol–water partition coefficient (Wildman–Crippen LogP) is 2.13. The molecule has 6 nitrogen and oxygen atoms in total. The number of hydrogen-bond donors (Lipinski definition) is 2. The topological polar surface area (TPSA) is 78.3 Å². The van der Waals surface area contributed by atoms with E-state index >= 15 is 0 Å². The Morgan fingerprint density at radius 1 is 1.30 bits per heavy atom. The third-order valence-electron chi connectivity index (χ3n) is 3.08. The normalized spacial score (nSPS) is 11.0. The van der Waals surface area contributed by atoms with E-state index in [0.717, 1.165) is 18.0 Å². The first kappa shape index (κ1) is 17.5. The first-order valence-electron chi connectivity index (χ1n) is 7.35. The largest absolute Gasteiger partial charge is 0.395 e. The number of rotatable bonds is 8. The molecule has 8 heteroatoms. The minimum atomic E-state index is -0.371. The quantitative estimate of drug-likeness (QED) is 0.771. The number of nitrogens with zero attached hydrogens (tertiary/aromatic N) is 3. The zero-order valence-corrected chi connectivity index (χ0v) is 13.6. The first-order valence-corrected chi connectivity index (χ1v) is 8.16. The lowest BCUT2D eigenvalue weighted by Crippen LogP contribution is -2.27. The number of aliphatic hydroxyl groups is 1. The van der Waals surface area contributed by atoms with Crippen LogP contribution in [0.2, 0.25) is 0 Å². The molecule has 0 aliphatic rings. The number of aliphatic hydroxyl groups excluding tert-OH is 1. The van der Waals surface area contributed by atoms with Crippen molar-refractivity contribution < 1.29 is 14.3 Å². The average molecular weight is 338 g/mol. The van der Waals surface area contributed by atoms with Crippen LogP contribution in [0.1, 0.15) is 28.2 Å². The Hall–Kier alpha value is -1.90. The highest BCUT2D eigenvalue weighted by molar-refractivity contribution is 7.13. The van der Waals surface area contributed by atoms with Crippen LogP contribution in [-0.2, 0) is 6.54 Å². The van der Waals surface area contributed by atoms with Gasteiger partial charge in [-0.15, -0.1) is 10.2 Å². The molecule has 0 saturated heterocycles. The molecule has 1 amide bonds. The summed E-state index contributed by atoms with van der Waals surface area (Å²) in [6.07, 6.45) is 0.969. The number of anilines is 1. The van der Waals surface area contributed by atoms with Crippen molar-refractivity contribution in [3.63, 3.8) is 0 Å². The van der Waals surface area contributed by atoms with Gasteiger partial charge in [-0.2, -0.15) is 0 Å². The number of halogens is 1. The lowest BCUT2D eigenvalue weighted by Gasteiger charge is -2.18. The Labute approximate surface area is 138 Å². The van der Waals surface area contributed by atoms with Gasteiger partial charge in [0.2, 0.25) is 5.01 Å². The SMILES string of the molecule is CCCN(CCO)Cc1nnc(C(=O)Nc2ccc(F)cc2)s1. The van der Waals surface area contributed by atoms with E-state index < -0.39 is 0 Å². The second-order valence-electron chi connectivity index (χ2n) is 4.96. The highest BCUT2D eigenvalue weighted by Crippen LogP contribution is 2.15. The van der Waals surface area contributed by atoms with Crippen molar-refractivity contribution in [2.24, 2.45) is 0 Å². The molecule has 0 radical (unpaired) electrons. The van der Waals surface area contributed by atoms with Crippen LogP contribution in [0.3, 0.4) is 0 Å². The summed E-state index contributed by atoms with van der Waals surface area (Å²) in [7, 11) is 0. The van der Waals surface area contributed by atoms with Gasteiger partial charge >= 0.3 is 0 Å². The molecule has 23 heavy (non-hydrogen) atoms. The van der Waals surface area contributed by atoms with Gasteiger partial charge in [-0.05, 0) is 37.2 Å². The molecule has 1 aromatic carbocycles. The van der Waals surface area contributed by atoms with Crippen molar-refractivity contribution in [3.05, 3.63) is 40.1 Å². The molecular weight excluding hydrogens is 319 g/mol. The van der Waals surface area contributed by atoms with Gasteiger partial charge in [0.15, 0.2) is 0 Å². The molecule has 124 valence electrons. The zero-order chi connectivity index (χ0) is 16.7. The van der Waals surface area contributed by atoms with Crippen LogP contribution in [0.25, 0.3) is 0 Å². The lowest BCUT2D eigenvalue weighted by atomic mass is 10.3. The monoisotopic (exact) mass is 338 g/mol. The third-order valence-corrected chi connectivity index (χ3v) is 3.98. The molecule has 0 aliphatic heterocycles. The van der Waals surface area contributed by atoms with Gasteiger partial charge < -0.3 is 10.4 Å². The van der Waals surface area contributed by atoms with Gasteiger partial charge in [-0.25, -0.2) is 4.39 Å². The van der Waals surface area contributed by atoms with Gasteiger partial charge in [0, 0.05) is 12.2 Å². The van der Waals surface area contributed by atoms with E-state index in [1.807, 2.05) is 0 Å². The third kappa shape index (κ3) is 5.34. The van der Waals surface area contributed by atoms with Crippen molar-refractivity contribution in [2.75, 3.05) is 25.0 Å². The summed E-state index contributed by atoms with van der Waals surface area (Å²) in [6, 6.07) is 5.52. The molecule has 2 aromatic rings. The number of carbonyl (C=O) groups is 1. The van der Waals surface area contributed by atoms with E-state index in [4.69, 9.17) is 5.11 Å². The van der Waals surface area contributed by atoms with Crippen LogP contribution >= 0.6 is 11.3 Å². The van der Waals surface area contributed by atoms with Crippen molar-refractivity contribution in [1.82, 2.24) is 15.1 Å². The zero-order valence-electron chi connectivity index (χ0n) is 12.8. The summed E-state index contributed by atoms with van der Waals surface area (Å²) in [4.78, 5) is 14.2. The van der Waals surface area contributed by atoms with Crippen molar-refractivity contribution >= 4 is 22.9 Å². The van der Waals surface area contributed by atoms with Gasteiger partial charge in [0.1, 0.15) is 10.8 Å². The van der Waals surface area contributed by atoms with E-state index in [0.29, 0.717) is 18.8 Å². The molecule has 1 heterocycles.